The predicted octanol–water partition coefficient (Wildman–Crippen LogP) is 1.67. The molecule has 2 rings (SSSR count). The van der Waals surface area contributed by atoms with E-state index in [2.05, 4.69) is 15.2 Å². The summed E-state index contributed by atoms with van der Waals surface area (Å²) in [5, 5.41) is 2.82. The van der Waals surface area contributed by atoms with E-state index in [-0.39, 0.29) is 24.4 Å². The van der Waals surface area contributed by atoms with Crippen molar-refractivity contribution >= 4 is 17.6 Å². The van der Waals surface area contributed by atoms with Crippen molar-refractivity contribution in [3.63, 3.8) is 0 Å². The van der Waals surface area contributed by atoms with Crippen LogP contribution in [-0.2, 0) is 4.79 Å². The van der Waals surface area contributed by atoms with Crippen molar-refractivity contribution in [2.45, 2.75) is 39.7 Å². The van der Waals surface area contributed by atoms with E-state index in [4.69, 9.17) is 0 Å². The summed E-state index contributed by atoms with van der Waals surface area (Å²) in [4.78, 5) is 32.9. The first-order valence-corrected chi connectivity index (χ1v) is 8.31. The highest BCUT2D eigenvalue weighted by molar-refractivity contribution is 6.00. The van der Waals surface area contributed by atoms with Crippen LogP contribution in [0.25, 0.3) is 0 Å². The van der Waals surface area contributed by atoms with Crippen molar-refractivity contribution in [3.05, 3.63) is 23.9 Å². The number of hydrogen-bond acceptors (Lipinski definition) is 4. The number of aromatic nitrogens is 1. The van der Waals surface area contributed by atoms with E-state index in [0.717, 1.165) is 31.7 Å². The molecule has 0 unspecified atom stereocenters. The Morgan fingerprint density at radius 1 is 1.35 bits per heavy atom. The monoisotopic (exact) mass is 318 g/mol. The Morgan fingerprint density at radius 3 is 2.65 bits per heavy atom. The largest absolute Gasteiger partial charge is 0.356 e. The molecular weight excluding hydrogens is 292 g/mol. The SMILES string of the molecule is CCN(CC(=O)NC(C)C)C(=O)c1cccnc1N1CCCC1. The van der Waals surface area contributed by atoms with Gasteiger partial charge in [-0.15, -0.1) is 0 Å². The molecule has 23 heavy (non-hydrogen) atoms. The van der Waals surface area contributed by atoms with Crippen LogP contribution in [0.5, 0.6) is 0 Å². The number of anilines is 1. The molecule has 2 heterocycles. The number of carbonyl (C=O) groups excluding carboxylic acids is 2. The van der Waals surface area contributed by atoms with Gasteiger partial charge in [-0.3, -0.25) is 9.59 Å². The van der Waals surface area contributed by atoms with Gasteiger partial charge in [-0.05, 0) is 45.7 Å². The van der Waals surface area contributed by atoms with Crippen molar-refractivity contribution < 1.29 is 9.59 Å². The molecule has 1 aromatic rings. The highest BCUT2D eigenvalue weighted by Gasteiger charge is 2.24. The topological polar surface area (TPSA) is 65.5 Å². The lowest BCUT2D eigenvalue weighted by Gasteiger charge is -2.24. The molecule has 0 aliphatic carbocycles. The third-order valence-electron chi connectivity index (χ3n) is 3.88. The van der Waals surface area contributed by atoms with Gasteiger partial charge in [-0.25, -0.2) is 4.98 Å². The third-order valence-corrected chi connectivity index (χ3v) is 3.88. The normalized spacial score (nSPS) is 14.2. The third kappa shape index (κ3) is 4.43. The van der Waals surface area contributed by atoms with Gasteiger partial charge in [0.25, 0.3) is 5.91 Å². The van der Waals surface area contributed by atoms with E-state index in [1.165, 1.54) is 0 Å². The minimum atomic E-state index is -0.138. The maximum absolute atomic E-state index is 12.9. The molecule has 0 saturated carbocycles. The van der Waals surface area contributed by atoms with Crippen LogP contribution in [0, 0.1) is 0 Å². The summed E-state index contributed by atoms with van der Waals surface area (Å²) in [6.45, 7) is 8.10. The van der Waals surface area contributed by atoms with Crippen LogP contribution in [0.15, 0.2) is 18.3 Å². The van der Waals surface area contributed by atoms with Crippen LogP contribution in [0.2, 0.25) is 0 Å². The van der Waals surface area contributed by atoms with Crippen LogP contribution in [0.1, 0.15) is 44.0 Å². The second kappa shape index (κ2) is 7.94. The number of hydrogen-bond donors (Lipinski definition) is 1. The lowest BCUT2D eigenvalue weighted by Crippen LogP contribution is -2.43. The minimum Gasteiger partial charge on any atom is -0.356 e. The molecule has 0 radical (unpaired) electrons. The number of carbonyl (C=O) groups is 2. The highest BCUT2D eigenvalue weighted by atomic mass is 16.2. The lowest BCUT2D eigenvalue weighted by molar-refractivity contribution is -0.122. The first-order chi connectivity index (χ1) is 11.0. The molecule has 0 atom stereocenters. The fraction of sp³-hybridized carbons (Fsp3) is 0.588. The van der Waals surface area contributed by atoms with Crippen molar-refractivity contribution in [2.24, 2.45) is 0 Å². The molecule has 1 N–H and O–H groups in total. The molecule has 1 aromatic heterocycles. The summed E-state index contributed by atoms with van der Waals surface area (Å²) < 4.78 is 0. The molecule has 0 aromatic carbocycles. The quantitative estimate of drug-likeness (QED) is 0.866. The Hall–Kier alpha value is -2.11. The summed E-state index contributed by atoms with van der Waals surface area (Å²) in [7, 11) is 0. The van der Waals surface area contributed by atoms with E-state index < -0.39 is 0 Å². The fourth-order valence-electron chi connectivity index (χ4n) is 2.78. The summed E-state index contributed by atoms with van der Waals surface area (Å²) in [5.74, 6) is 0.459. The van der Waals surface area contributed by atoms with Crippen molar-refractivity contribution in [3.8, 4) is 0 Å². The summed E-state index contributed by atoms with van der Waals surface area (Å²) in [5.41, 5.74) is 0.577. The van der Waals surface area contributed by atoms with E-state index in [9.17, 15) is 9.59 Å². The number of nitrogens with one attached hydrogen (secondary N) is 1. The zero-order valence-electron chi connectivity index (χ0n) is 14.2. The van der Waals surface area contributed by atoms with Crippen molar-refractivity contribution in [1.82, 2.24) is 15.2 Å². The van der Waals surface area contributed by atoms with E-state index in [0.29, 0.717) is 12.1 Å². The Labute approximate surface area is 137 Å². The first kappa shape index (κ1) is 17.2. The molecule has 6 heteroatoms. The summed E-state index contributed by atoms with van der Waals surface area (Å²) >= 11 is 0. The number of likely N-dealkylation sites (N-methyl/N-ethyl adjacent to an activating group) is 1. The molecule has 2 amide bonds. The number of pyridine rings is 1. The average molecular weight is 318 g/mol. The molecule has 126 valence electrons. The first-order valence-electron chi connectivity index (χ1n) is 8.31. The molecule has 0 spiro atoms. The Morgan fingerprint density at radius 2 is 2.04 bits per heavy atom. The molecule has 6 nitrogen and oxygen atoms in total. The standard InChI is InChI=1S/C17H26N4O2/c1-4-20(12-15(22)19-13(2)3)17(23)14-8-7-9-18-16(14)21-10-5-6-11-21/h7-9,13H,4-6,10-12H2,1-3H3,(H,19,22). The van der Waals surface area contributed by atoms with Gasteiger partial charge in [-0.2, -0.15) is 0 Å². The maximum atomic E-state index is 12.9. The number of rotatable bonds is 6. The predicted molar refractivity (Wildman–Crippen MR) is 90.5 cm³/mol. The van der Waals surface area contributed by atoms with Gasteiger partial charge in [0.1, 0.15) is 5.82 Å². The van der Waals surface area contributed by atoms with Gasteiger partial charge in [0.15, 0.2) is 0 Å². The summed E-state index contributed by atoms with van der Waals surface area (Å²) in [6, 6.07) is 3.63. The maximum Gasteiger partial charge on any atom is 0.258 e. The van der Waals surface area contributed by atoms with Crippen LogP contribution >= 0.6 is 0 Å². The minimum absolute atomic E-state index is 0.0647. The van der Waals surface area contributed by atoms with Crippen LogP contribution in [0.4, 0.5) is 5.82 Å². The molecule has 1 aliphatic heterocycles. The van der Waals surface area contributed by atoms with Gasteiger partial charge >= 0.3 is 0 Å². The van der Waals surface area contributed by atoms with Crippen molar-refractivity contribution in [2.75, 3.05) is 31.1 Å². The van der Waals surface area contributed by atoms with Crippen molar-refractivity contribution in [1.29, 1.82) is 0 Å². The fourth-order valence-corrected chi connectivity index (χ4v) is 2.78. The smallest absolute Gasteiger partial charge is 0.258 e. The van der Waals surface area contributed by atoms with Gasteiger partial charge in [0.05, 0.1) is 12.1 Å². The molecule has 0 bridgehead atoms. The second-order valence-electron chi connectivity index (χ2n) is 6.11. The zero-order valence-corrected chi connectivity index (χ0v) is 14.2. The van der Waals surface area contributed by atoms with Crippen LogP contribution in [-0.4, -0.2) is 53.9 Å². The van der Waals surface area contributed by atoms with Gasteiger partial charge in [-0.1, -0.05) is 0 Å². The van der Waals surface area contributed by atoms with E-state index >= 15 is 0 Å². The Bertz CT molecular complexity index is 553. The Kier molecular flexibility index (Phi) is 5.96. The number of nitrogens with zero attached hydrogens (tertiary/aromatic N) is 3. The van der Waals surface area contributed by atoms with E-state index in [1.807, 2.05) is 20.8 Å². The lowest BCUT2D eigenvalue weighted by atomic mass is 10.2. The highest BCUT2D eigenvalue weighted by Crippen LogP contribution is 2.23. The van der Waals surface area contributed by atoms with Gasteiger partial charge < -0.3 is 15.1 Å². The molecule has 1 fully saturated rings. The zero-order chi connectivity index (χ0) is 16.8. The summed E-state index contributed by atoms with van der Waals surface area (Å²) in [6.07, 6.45) is 3.96. The van der Waals surface area contributed by atoms with Crippen LogP contribution < -0.4 is 10.2 Å². The molecule has 1 saturated heterocycles. The van der Waals surface area contributed by atoms with Gasteiger partial charge in [0, 0.05) is 31.9 Å². The molecular formula is C17H26N4O2. The van der Waals surface area contributed by atoms with Crippen LogP contribution in [0.3, 0.4) is 0 Å². The second-order valence-corrected chi connectivity index (χ2v) is 6.11. The average Bonchev–Trinajstić information content (AvgIpc) is 3.05. The van der Waals surface area contributed by atoms with E-state index in [1.54, 1.807) is 23.2 Å². The number of amides is 2. The molecule has 1 aliphatic rings. The van der Waals surface area contributed by atoms with Gasteiger partial charge in [0.2, 0.25) is 5.91 Å². The Balaban J connectivity index is 2.16.